The molecule has 0 spiro atoms. The van der Waals surface area contributed by atoms with Crippen molar-refractivity contribution in [2.24, 2.45) is 0 Å². The molecule has 0 unspecified atom stereocenters. The van der Waals surface area contributed by atoms with Gasteiger partial charge in [0, 0.05) is 20.0 Å². The Morgan fingerprint density at radius 3 is 2.47 bits per heavy atom. The zero-order chi connectivity index (χ0) is 12.8. The van der Waals surface area contributed by atoms with Crippen LogP contribution in [0.5, 0.6) is 0 Å². The molecule has 6 heteroatoms. The second kappa shape index (κ2) is 5.93. The maximum atomic E-state index is 13.2. The summed E-state index contributed by atoms with van der Waals surface area (Å²) in [7, 11) is 0. The van der Waals surface area contributed by atoms with Crippen molar-refractivity contribution < 1.29 is 18.4 Å². The minimum Gasteiger partial charge on any atom is -0.355 e. The number of carbonyl (C=O) groups excluding carboxylic acids is 2. The number of rotatable bonds is 4. The number of hydrogen-bond donors (Lipinski definition) is 2. The Morgan fingerprint density at radius 1 is 1.18 bits per heavy atom. The third-order valence-corrected chi connectivity index (χ3v) is 1.98. The van der Waals surface area contributed by atoms with Crippen LogP contribution in [-0.4, -0.2) is 24.9 Å². The van der Waals surface area contributed by atoms with E-state index in [0.717, 1.165) is 6.07 Å². The minimum absolute atomic E-state index is 0.147. The third-order valence-electron chi connectivity index (χ3n) is 1.98. The summed E-state index contributed by atoms with van der Waals surface area (Å²) in [5, 5.41) is 4.82. The largest absolute Gasteiger partial charge is 0.355 e. The van der Waals surface area contributed by atoms with Crippen LogP contribution in [0.1, 0.15) is 17.3 Å². The molecule has 0 saturated heterocycles. The Bertz CT molecular complexity index is 435. The van der Waals surface area contributed by atoms with Gasteiger partial charge in [0.25, 0.3) is 5.91 Å². The molecule has 0 bridgehead atoms. The second-order valence-corrected chi connectivity index (χ2v) is 3.34. The van der Waals surface area contributed by atoms with Crippen LogP contribution in [0.3, 0.4) is 0 Å². The Kier molecular flexibility index (Phi) is 4.56. The fourth-order valence-electron chi connectivity index (χ4n) is 1.19. The molecule has 2 N–H and O–H groups in total. The minimum atomic E-state index is -1.18. The van der Waals surface area contributed by atoms with E-state index >= 15 is 0 Å². The van der Waals surface area contributed by atoms with Crippen LogP contribution in [0.4, 0.5) is 8.78 Å². The fourth-order valence-corrected chi connectivity index (χ4v) is 1.19. The highest BCUT2D eigenvalue weighted by molar-refractivity contribution is 5.94. The number of benzene rings is 1. The van der Waals surface area contributed by atoms with Crippen molar-refractivity contribution in [1.29, 1.82) is 0 Å². The maximum Gasteiger partial charge on any atom is 0.254 e. The SMILES string of the molecule is CC(=O)NCCNC(=O)c1cccc(F)c1F. The average Bonchev–Trinajstić information content (AvgIpc) is 2.27. The number of carbonyl (C=O) groups is 2. The highest BCUT2D eigenvalue weighted by Crippen LogP contribution is 2.10. The standard InChI is InChI=1S/C11H12F2N2O2/c1-7(16)14-5-6-15-11(17)8-3-2-4-9(12)10(8)13/h2-4H,5-6H2,1H3,(H,14,16)(H,15,17). The molecule has 0 radical (unpaired) electrons. The van der Waals surface area contributed by atoms with Crippen LogP contribution < -0.4 is 10.6 Å². The van der Waals surface area contributed by atoms with E-state index in [1.54, 1.807) is 0 Å². The zero-order valence-electron chi connectivity index (χ0n) is 9.22. The number of halogens is 2. The monoisotopic (exact) mass is 242 g/mol. The predicted molar refractivity (Wildman–Crippen MR) is 57.4 cm³/mol. The first-order chi connectivity index (χ1) is 8.02. The van der Waals surface area contributed by atoms with E-state index < -0.39 is 17.5 Å². The van der Waals surface area contributed by atoms with Crippen molar-refractivity contribution in [3.8, 4) is 0 Å². The molecule has 0 aromatic heterocycles. The summed E-state index contributed by atoms with van der Waals surface area (Å²) in [6.07, 6.45) is 0. The Balaban J connectivity index is 2.53. The van der Waals surface area contributed by atoms with Crippen molar-refractivity contribution in [1.82, 2.24) is 10.6 Å². The van der Waals surface area contributed by atoms with Gasteiger partial charge in [0.05, 0.1) is 5.56 Å². The molecule has 17 heavy (non-hydrogen) atoms. The predicted octanol–water partition coefficient (Wildman–Crippen LogP) is 0.831. The van der Waals surface area contributed by atoms with Gasteiger partial charge in [0.15, 0.2) is 11.6 Å². The molecule has 0 saturated carbocycles. The molecule has 0 aliphatic heterocycles. The first-order valence-electron chi connectivity index (χ1n) is 4.99. The van der Waals surface area contributed by atoms with Gasteiger partial charge in [0.2, 0.25) is 5.91 Å². The van der Waals surface area contributed by atoms with Crippen molar-refractivity contribution >= 4 is 11.8 Å². The molecule has 0 fully saturated rings. The lowest BCUT2D eigenvalue weighted by Crippen LogP contribution is -2.34. The molecule has 0 aliphatic carbocycles. The Morgan fingerprint density at radius 2 is 1.82 bits per heavy atom. The van der Waals surface area contributed by atoms with Crippen LogP contribution in [0.25, 0.3) is 0 Å². The average molecular weight is 242 g/mol. The maximum absolute atomic E-state index is 13.2. The van der Waals surface area contributed by atoms with E-state index in [2.05, 4.69) is 10.6 Å². The van der Waals surface area contributed by atoms with Gasteiger partial charge < -0.3 is 10.6 Å². The van der Waals surface area contributed by atoms with Crippen molar-refractivity contribution in [3.63, 3.8) is 0 Å². The first-order valence-corrected chi connectivity index (χ1v) is 4.99. The molecule has 1 rings (SSSR count). The van der Waals surface area contributed by atoms with Gasteiger partial charge in [-0.15, -0.1) is 0 Å². The summed E-state index contributed by atoms with van der Waals surface area (Å²) < 4.78 is 26.0. The van der Waals surface area contributed by atoms with Gasteiger partial charge in [-0.05, 0) is 12.1 Å². The van der Waals surface area contributed by atoms with Gasteiger partial charge in [0.1, 0.15) is 0 Å². The molecule has 92 valence electrons. The summed E-state index contributed by atoms with van der Waals surface area (Å²) >= 11 is 0. The lowest BCUT2D eigenvalue weighted by molar-refractivity contribution is -0.118. The molecule has 0 aliphatic rings. The second-order valence-electron chi connectivity index (χ2n) is 3.34. The fraction of sp³-hybridized carbons (Fsp3) is 0.273. The van der Waals surface area contributed by atoms with E-state index in [9.17, 15) is 18.4 Å². The number of amides is 2. The van der Waals surface area contributed by atoms with Gasteiger partial charge >= 0.3 is 0 Å². The van der Waals surface area contributed by atoms with Gasteiger partial charge in [-0.3, -0.25) is 9.59 Å². The summed E-state index contributed by atoms with van der Waals surface area (Å²) in [5.41, 5.74) is -0.354. The molecule has 2 amide bonds. The number of hydrogen-bond acceptors (Lipinski definition) is 2. The van der Waals surface area contributed by atoms with Gasteiger partial charge in [-0.1, -0.05) is 6.07 Å². The van der Waals surface area contributed by atoms with Crippen LogP contribution >= 0.6 is 0 Å². The van der Waals surface area contributed by atoms with Crippen molar-refractivity contribution in [2.45, 2.75) is 6.92 Å². The van der Waals surface area contributed by atoms with E-state index in [1.165, 1.54) is 19.1 Å². The lowest BCUT2D eigenvalue weighted by atomic mass is 10.2. The van der Waals surface area contributed by atoms with Crippen LogP contribution in [-0.2, 0) is 4.79 Å². The van der Waals surface area contributed by atoms with Gasteiger partial charge in [-0.2, -0.15) is 0 Å². The quantitative estimate of drug-likeness (QED) is 0.768. The van der Waals surface area contributed by atoms with E-state index in [4.69, 9.17) is 0 Å². The summed E-state index contributed by atoms with van der Waals surface area (Å²) in [6, 6.07) is 3.37. The third kappa shape index (κ3) is 3.82. The van der Waals surface area contributed by atoms with Crippen LogP contribution in [0.15, 0.2) is 18.2 Å². The van der Waals surface area contributed by atoms with E-state index in [1.807, 2.05) is 0 Å². The lowest BCUT2D eigenvalue weighted by Gasteiger charge is -2.06. The molecular weight excluding hydrogens is 230 g/mol. The topological polar surface area (TPSA) is 58.2 Å². The molecule has 1 aromatic rings. The normalized spacial score (nSPS) is 9.82. The Labute approximate surface area is 97.0 Å². The molecule has 4 nitrogen and oxygen atoms in total. The van der Waals surface area contributed by atoms with E-state index in [0.29, 0.717) is 0 Å². The highest BCUT2D eigenvalue weighted by Gasteiger charge is 2.14. The van der Waals surface area contributed by atoms with E-state index in [-0.39, 0.29) is 24.6 Å². The smallest absolute Gasteiger partial charge is 0.254 e. The Hall–Kier alpha value is -1.98. The van der Waals surface area contributed by atoms with Crippen molar-refractivity contribution in [2.75, 3.05) is 13.1 Å². The first kappa shape index (κ1) is 13.1. The zero-order valence-corrected chi connectivity index (χ0v) is 9.22. The molecule has 0 atom stereocenters. The molecule has 0 heterocycles. The van der Waals surface area contributed by atoms with Crippen molar-refractivity contribution in [3.05, 3.63) is 35.4 Å². The van der Waals surface area contributed by atoms with Crippen LogP contribution in [0.2, 0.25) is 0 Å². The molecule has 1 aromatic carbocycles. The number of nitrogens with one attached hydrogen (secondary N) is 2. The highest BCUT2D eigenvalue weighted by atomic mass is 19.2. The summed E-state index contributed by atoms with van der Waals surface area (Å²) in [4.78, 5) is 22.0. The van der Waals surface area contributed by atoms with Gasteiger partial charge in [-0.25, -0.2) is 8.78 Å². The van der Waals surface area contributed by atoms with Crippen LogP contribution in [0, 0.1) is 11.6 Å². The molecular formula is C11H12F2N2O2. The summed E-state index contributed by atoms with van der Waals surface area (Å²) in [6.45, 7) is 1.72. The summed E-state index contributed by atoms with van der Waals surface area (Å²) in [5.74, 6) is -3.19.